The van der Waals surface area contributed by atoms with Crippen LogP contribution in [0.25, 0.3) is 0 Å². The summed E-state index contributed by atoms with van der Waals surface area (Å²) in [6, 6.07) is 4.76. The highest BCUT2D eigenvalue weighted by atomic mass is 35.5. The molecule has 3 nitrogen and oxygen atoms in total. The second kappa shape index (κ2) is 7.13. The summed E-state index contributed by atoms with van der Waals surface area (Å²) in [6.45, 7) is 4.48. The molecule has 0 aliphatic rings. The van der Waals surface area contributed by atoms with E-state index >= 15 is 0 Å². The van der Waals surface area contributed by atoms with E-state index in [1.807, 2.05) is 13.8 Å². The van der Waals surface area contributed by atoms with Crippen LogP contribution < -0.4 is 5.32 Å². The van der Waals surface area contributed by atoms with Crippen molar-refractivity contribution in [1.29, 1.82) is 0 Å². The zero-order valence-corrected chi connectivity index (χ0v) is 12.7. The molecule has 1 aromatic carbocycles. The van der Waals surface area contributed by atoms with E-state index in [9.17, 15) is 9.90 Å². The number of amides is 1. The second-order valence-electron chi connectivity index (χ2n) is 4.67. The number of benzene rings is 1. The Kier molecular flexibility index (Phi) is 6.11. The van der Waals surface area contributed by atoms with Crippen molar-refractivity contribution in [2.24, 2.45) is 5.41 Å². The van der Waals surface area contributed by atoms with E-state index in [1.165, 1.54) is 6.07 Å². The highest BCUT2D eigenvalue weighted by Crippen LogP contribution is 2.25. The van der Waals surface area contributed by atoms with Crippen LogP contribution in [-0.2, 0) is 0 Å². The van der Waals surface area contributed by atoms with Crippen LogP contribution in [0.1, 0.15) is 37.0 Å². The summed E-state index contributed by atoms with van der Waals surface area (Å²) in [5, 5.41) is 13.1. The maximum Gasteiger partial charge on any atom is 0.252 e. The lowest BCUT2D eigenvalue weighted by atomic mass is 9.83. The van der Waals surface area contributed by atoms with E-state index < -0.39 is 0 Å². The van der Waals surface area contributed by atoms with Crippen LogP contribution in [0.5, 0.6) is 0 Å². The normalized spacial score (nSPS) is 11.4. The van der Waals surface area contributed by atoms with E-state index in [-0.39, 0.29) is 17.9 Å². The van der Waals surface area contributed by atoms with E-state index in [1.54, 1.807) is 12.1 Å². The fourth-order valence-electron chi connectivity index (χ4n) is 1.82. The van der Waals surface area contributed by atoms with Crippen LogP contribution >= 0.6 is 23.2 Å². The average molecular weight is 304 g/mol. The predicted octanol–water partition coefficient (Wildman–Crippen LogP) is 3.52. The van der Waals surface area contributed by atoms with Crippen molar-refractivity contribution < 1.29 is 9.90 Å². The summed E-state index contributed by atoms with van der Waals surface area (Å²) >= 11 is 11.8. The van der Waals surface area contributed by atoms with Gasteiger partial charge in [-0.2, -0.15) is 0 Å². The summed E-state index contributed by atoms with van der Waals surface area (Å²) in [7, 11) is 0. The van der Waals surface area contributed by atoms with Crippen LogP contribution in [0.15, 0.2) is 18.2 Å². The van der Waals surface area contributed by atoms with Crippen LogP contribution in [-0.4, -0.2) is 24.2 Å². The minimum absolute atomic E-state index is 0.0502. The lowest BCUT2D eigenvalue weighted by Gasteiger charge is -2.29. The fraction of sp³-hybridized carbons (Fsp3) is 0.500. The number of halogens is 2. The van der Waals surface area contributed by atoms with Gasteiger partial charge in [-0.1, -0.05) is 37.0 Å². The number of aliphatic hydroxyl groups is 1. The van der Waals surface area contributed by atoms with Gasteiger partial charge in [0.25, 0.3) is 5.91 Å². The van der Waals surface area contributed by atoms with Gasteiger partial charge in [0.2, 0.25) is 0 Å². The molecule has 106 valence electrons. The minimum Gasteiger partial charge on any atom is -0.396 e. The Morgan fingerprint density at radius 3 is 2.42 bits per heavy atom. The first-order chi connectivity index (χ1) is 8.98. The Balaban J connectivity index is 2.75. The molecule has 5 heteroatoms. The third kappa shape index (κ3) is 4.10. The molecule has 1 amide bonds. The van der Waals surface area contributed by atoms with Crippen molar-refractivity contribution in [3.63, 3.8) is 0 Å². The highest BCUT2D eigenvalue weighted by Gasteiger charge is 2.26. The largest absolute Gasteiger partial charge is 0.396 e. The Morgan fingerprint density at radius 1 is 1.32 bits per heavy atom. The molecule has 0 spiro atoms. The summed E-state index contributed by atoms with van der Waals surface area (Å²) in [4.78, 5) is 12.1. The quantitative estimate of drug-likeness (QED) is 0.845. The number of carbonyl (C=O) groups is 1. The van der Waals surface area contributed by atoms with E-state index in [0.29, 0.717) is 22.2 Å². The Hall–Kier alpha value is -0.770. The number of hydrogen-bond acceptors (Lipinski definition) is 2. The molecule has 0 fully saturated rings. The second-order valence-corrected chi connectivity index (χ2v) is 5.52. The maximum absolute atomic E-state index is 12.1. The molecule has 19 heavy (non-hydrogen) atoms. The topological polar surface area (TPSA) is 49.3 Å². The van der Waals surface area contributed by atoms with Crippen LogP contribution in [0.4, 0.5) is 0 Å². The molecule has 2 N–H and O–H groups in total. The molecule has 0 atom stereocenters. The van der Waals surface area contributed by atoms with Gasteiger partial charge in [-0.25, -0.2) is 0 Å². The van der Waals surface area contributed by atoms with Crippen molar-refractivity contribution in [3.05, 3.63) is 33.8 Å². The highest BCUT2D eigenvalue weighted by molar-refractivity contribution is 6.36. The molecule has 1 rings (SSSR count). The Morgan fingerprint density at radius 2 is 1.95 bits per heavy atom. The monoisotopic (exact) mass is 303 g/mol. The summed E-state index contributed by atoms with van der Waals surface area (Å²) in [6.07, 6.45) is 1.60. The summed E-state index contributed by atoms with van der Waals surface area (Å²) in [5.41, 5.74) is 0.124. The van der Waals surface area contributed by atoms with Crippen LogP contribution in [0, 0.1) is 5.41 Å². The van der Waals surface area contributed by atoms with E-state index in [2.05, 4.69) is 5.32 Å². The predicted molar refractivity (Wildman–Crippen MR) is 78.9 cm³/mol. The first-order valence-corrected chi connectivity index (χ1v) is 7.07. The first-order valence-electron chi connectivity index (χ1n) is 6.32. The van der Waals surface area contributed by atoms with Gasteiger partial charge in [0, 0.05) is 17.0 Å². The van der Waals surface area contributed by atoms with Gasteiger partial charge in [-0.15, -0.1) is 0 Å². The minimum atomic E-state index is -0.269. The molecule has 0 aliphatic heterocycles. The zero-order valence-electron chi connectivity index (χ0n) is 11.2. The molecule has 0 heterocycles. The first kappa shape index (κ1) is 16.3. The van der Waals surface area contributed by atoms with Gasteiger partial charge in [0.15, 0.2) is 0 Å². The zero-order chi connectivity index (χ0) is 14.5. The third-order valence-electron chi connectivity index (χ3n) is 3.64. The summed E-state index contributed by atoms with van der Waals surface area (Å²) in [5.74, 6) is -0.249. The van der Waals surface area contributed by atoms with Crippen LogP contribution in [0.2, 0.25) is 10.0 Å². The molecular weight excluding hydrogens is 285 g/mol. The van der Waals surface area contributed by atoms with Crippen molar-refractivity contribution >= 4 is 29.1 Å². The van der Waals surface area contributed by atoms with Gasteiger partial charge >= 0.3 is 0 Å². The van der Waals surface area contributed by atoms with Crippen LogP contribution in [0.3, 0.4) is 0 Å². The molecule has 0 bridgehead atoms. The Bertz CT molecular complexity index is 437. The molecule has 1 aromatic rings. The van der Waals surface area contributed by atoms with Gasteiger partial charge in [0.1, 0.15) is 0 Å². The number of carbonyl (C=O) groups excluding carboxylic acids is 1. The van der Waals surface area contributed by atoms with Crippen molar-refractivity contribution in [3.8, 4) is 0 Å². The average Bonchev–Trinajstić information content (AvgIpc) is 2.40. The fourth-order valence-corrected chi connectivity index (χ4v) is 2.31. The number of hydrogen-bond donors (Lipinski definition) is 2. The number of nitrogens with one attached hydrogen (secondary N) is 1. The number of aliphatic hydroxyl groups excluding tert-OH is 1. The molecule has 0 aromatic heterocycles. The molecule has 0 aliphatic carbocycles. The number of rotatable bonds is 6. The van der Waals surface area contributed by atoms with Gasteiger partial charge < -0.3 is 10.4 Å². The molecule has 0 saturated heterocycles. The molecule has 0 saturated carbocycles. The lowest BCUT2D eigenvalue weighted by Crippen LogP contribution is -2.39. The summed E-state index contributed by atoms with van der Waals surface area (Å²) < 4.78 is 0. The molecule has 0 radical (unpaired) electrons. The molecule has 0 unspecified atom stereocenters. The maximum atomic E-state index is 12.1. The van der Waals surface area contributed by atoms with Gasteiger partial charge in [0.05, 0.1) is 17.2 Å². The van der Waals surface area contributed by atoms with E-state index in [0.717, 1.165) is 12.8 Å². The smallest absolute Gasteiger partial charge is 0.252 e. The lowest BCUT2D eigenvalue weighted by molar-refractivity contribution is 0.0851. The third-order valence-corrected chi connectivity index (χ3v) is 4.18. The van der Waals surface area contributed by atoms with Crippen molar-refractivity contribution in [1.82, 2.24) is 5.32 Å². The van der Waals surface area contributed by atoms with Gasteiger partial charge in [-0.05, 0) is 31.0 Å². The SMILES string of the molecule is CCC(CC)(CO)CNC(=O)c1ccc(Cl)cc1Cl. The van der Waals surface area contributed by atoms with Gasteiger partial charge in [-0.3, -0.25) is 4.79 Å². The molecular formula is C14H19Cl2NO2. The van der Waals surface area contributed by atoms with Crippen molar-refractivity contribution in [2.75, 3.05) is 13.2 Å². The Labute approximate surface area is 123 Å². The van der Waals surface area contributed by atoms with Crippen molar-refractivity contribution in [2.45, 2.75) is 26.7 Å². The van der Waals surface area contributed by atoms with E-state index in [4.69, 9.17) is 23.2 Å². The standard InChI is InChI=1S/C14H19Cl2NO2/c1-3-14(4-2,9-18)8-17-13(19)11-6-5-10(15)7-12(11)16/h5-7,18H,3-4,8-9H2,1-2H3,(H,17,19).